The van der Waals surface area contributed by atoms with Crippen molar-refractivity contribution in [3.63, 3.8) is 0 Å². The first-order valence-electron chi connectivity index (χ1n) is 7.04. The Morgan fingerprint density at radius 2 is 1.46 bits per heavy atom. The molecule has 122 valence electrons. The molecule has 24 heavy (non-hydrogen) atoms. The number of hydrogen-bond acceptors (Lipinski definition) is 4. The van der Waals surface area contributed by atoms with Gasteiger partial charge in [-0.1, -0.05) is 12.1 Å². The normalized spacial score (nSPS) is 11.4. The molecule has 0 N–H and O–H groups in total. The van der Waals surface area contributed by atoms with Crippen LogP contribution in [0.3, 0.4) is 0 Å². The molecule has 0 fully saturated rings. The van der Waals surface area contributed by atoms with Crippen molar-refractivity contribution in [2.24, 2.45) is 0 Å². The number of hydrogen-bond donors (Lipinski definition) is 0. The quantitative estimate of drug-likeness (QED) is 0.729. The SMILES string of the molecule is CS(=O)(=O)c1ccc(-c2occc(=O)c2-c2ccc(F)cc2)cc1. The van der Waals surface area contributed by atoms with Gasteiger partial charge in [0.15, 0.2) is 15.3 Å². The van der Waals surface area contributed by atoms with E-state index in [2.05, 4.69) is 0 Å². The van der Waals surface area contributed by atoms with Crippen LogP contribution in [0.25, 0.3) is 22.5 Å². The predicted molar refractivity (Wildman–Crippen MR) is 88.9 cm³/mol. The molecule has 3 aromatic rings. The molecule has 6 heteroatoms. The summed E-state index contributed by atoms with van der Waals surface area (Å²) in [5.74, 6) is -0.104. The van der Waals surface area contributed by atoms with Gasteiger partial charge in [0.25, 0.3) is 0 Å². The molecule has 2 aromatic carbocycles. The van der Waals surface area contributed by atoms with Gasteiger partial charge in [0.2, 0.25) is 0 Å². The topological polar surface area (TPSA) is 64.3 Å². The van der Waals surface area contributed by atoms with E-state index in [1.807, 2.05) is 0 Å². The Kier molecular flexibility index (Phi) is 4.07. The van der Waals surface area contributed by atoms with Crippen LogP contribution < -0.4 is 5.43 Å². The molecule has 0 spiro atoms. The van der Waals surface area contributed by atoms with Crippen LogP contribution in [0.15, 0.2) is 75.0 Å². The minimum absolute atomic E-state index is 0.174. The van der Waals surface area contributed by atoms with E-state index in [4.69, 9.17) is 4.42 Å². The van der Waals surface area contributed by atoms with Gasteiger partial charge in [-0.05, 0) is 42.0 Å². The van der Waals surface area contributed by atoms with Crippen LogP contribution in [0.4, 0.5) is 4.39 Å². The monoisotopic (exact) mass is 344 g/mol. The van der Waals surface area contributed by atoms with Gasteiger partial charge in [-0.3, -0.25) is 4.79 Å². The lowest BCUT2D eigenvalue weighted by atomic mass is 10.0. The average Bonchev–Trinajstić information content (AvgIpc) is 2.55. The second-order valence-electron chi connectivity index (χ2n) is 5.29. The number of benzene rings is 2. The van der Waals surface area contributed by atoms with Gasteiger partial charge in [0, 0.05) is 17.9 Å². The summed E-state index contributed by atoms with van der Waals surface area (Å²) in [4.78, 5) is 12.4. The van der Waals surface area contributed by atoms with Crippen LogP contribution in [-0.2, 0) is 9.84 Å². The summed E-state index contributed by atoms with van der Waals surface area (Å²) in [6.45, 7) is 0. The molecule has 4 nitrogen and oxygen atoms in total. The van der Waals surface area contributed by atoms with Crippen molar-refractivity contribution in [1.82, 2.24) is 0 Å². The molecule has 0 atom stereocenters. The van der Waals surface area contributed by atoms with E-state index >= 15 is 0 Å². The summed E-state index contributed by atoms with van der Waals surface area (Å²) in [5.41, 5.74) is 1.10. The van der Waals surface area contributed by atoms with Crippen molar-refractivity contribution in [3.05, 3.63) is 76.9 Å². The smallest absolute Gasteiger partial charge is 0.193 e. The van der Waals surface area contributed by atoms with Crippen molar-refractivity contribution in [2.75, 3.05) is 6.26 Å². The third-order valence-electron chi connectivity index (χ3n) is 3.56. The molecule has 0 saturated carbocycles. The highest BCUT2D eigenvalue weighted by molar-refractivity contribution is 7.90. The van der Waals surface area contributed by atoms with E-state index in [1.54, 1.807) is 12.1 Å². The van der Waals surface area contributed by atoms with Gasteiger partial charge in [-0.15, -0.1) is 0 Å². The van der Waals surface area contributed by atoms with Crippen molar-refractivity contribution < 1.29 is 17.2 Å². The minimum atomic E-state index is -3.31. The van der Waals surface area contributed by atoms with Crippen molar-refractivity contribution in [1.29, 1.82) is 0 Å². The summed E-state index contributed by atoms with van der Waals surface area (Å²) in [6, 6.07) is 12.8. The largest absolute Gasteiger partial charge is 0.463 e. The summed E-state index contributed by atoms with van der Waals surface area (Å²) in [5, 5.41) is 0. The van der Waals surface area contributed by atoms with Crippen LogP contribution in [0.5, 0.6) is 0 Å². The lowest BCUT2D eigenvalue weighted by Gasteiger charge is -2.08. The van der Waals surface area contributed by atoms with Gasteiger partial charge >= 0.3 is 0 Å². The highest BCUT2D eigenvalue weighted by Gasteiger charge is 2.15. The molecule has 0 amide bonds. The van der Waals surface area contributed by atoms with Gasteiger partial charge in [0.05, 0.1) is 16.7 Å². The van der Waals surface area contributed by atoms with Gasteiger partial charge in [0.1, 0.15) is 11.6 Å². The molecule has 1 heterocycles. The second-order valence-corrected chi connectivity index (χ2v) is 7.31. The van der Waals surface area contributed by atoms with Gasteiger partial charge in [-0.25, -0.2) is 12.8 Å². The van der Waals surface area contributed by atoms with Crippen LogP contribution in [-0.4, -0.2) is 14.7 Å². The van der Waals surface area contributed by atoms with Gasteiger partial charge in [-0.2, -0.15) is 0 Å². The summed E-state index contributed by atoms with van der Waals surface area (Å²) < 4.78 is 41.7. The molecule has 0 aliphatic heterocycles. The van der Waals surface area contributed by atoms with E-state index in [0.29, 0.717) is 22.5 Å². The Bertz CT molecular complexity index is 1030. The lowest BCUT2D eigenvalue weighted by molar-refractivity contribution is 0.566. The van der Waals surface area contributed by atoms with Crippen LogP contribution in [0, 0.1) is 5.82 Å². The molecule has 0 bridgehead atoms. The molecule has 0 aliphatic carbocycles. The lowest BCUT2D eigenvalue weighted by Crippen LogP contribution is -2.04. The van der Waals surface area contributed by atoms with E-state index < -0.39 is 15.7 Å². The van der Waals surface area contributed by atoms with Crippen molar-refractivity contribution in [3.8, 4) is 22.5 Å². The number of sulfone groups is 1. The van der Waals surface area contributed by atoms with Crippen molar-refractivity contribution >= 4 is 9.84 Å². The zero-order valence-electron chi connectivity index (χ0n) is 12.7. The first kappa shape index (κ1) is 16.1. The van der Waals surface area contributed by atoms with Crippen LogP contribution in [0.1, 0.15) is 0 Å². The maximum absolute atomic E-state index is 13.1. The predicted octanol–water partition coefficient (Wildman–Crippen LogP) is 3.52. The van der Waals surface area contributed by atoms with E-state index in [9.17, 15) is 17.6 Å². The fourth-order valence-corrected chi connectivity index (χ4v) is 3.00. The summed E-state index contributed by atoms with van der Waals surface area (Å²) in [6.07, 6.45) is 2.39. The number of rotatable bonds is 3. The maximum atomic E-state index is 13.1. The fourth-order valence-electron chi connectivity index (χ4n) is 2.37. The molecule has 1 aromatic heterocycles. The molecular formula is C18H13FO4S. The third-order valence-corrected chi connectivity index (χ3v) is 4.68. The Morgan fingerprint density at radius 1 is 0.875 bits per heavy atom. The van der Waals surface area contributed by atoms with E-state index in [0.717, 1.165) is 6.26 Å². The van der Waals surface area contributed by atoms with Crippen molar-refractivity contribution in [2.45, 2.75) is 4.90 Å². The van der Waals surface area contributed by atoms with Gasteiger partial charge < -0.3 is 4.42 Å². The Balaban J connectivity index is 2.17. The first-order chi connectivity index (χ1) is 11.4. The van der Waals surface area contributed by atoms with Crippen LogP contribution in [0.2, 0.25) is 0 Å². The summed E-state index contributed by atoms with van der Waals surface area (Å²) in [7, 11) is -3.31. The third kappa shape index (κ3) is 3.14. The van der Waals surface area contributed by atoms with E-state index in [-0.39, 0.29) is 10.3 Å². The maximum Gasteiger partial charge on any atom is 0.193 e. The summed E-state index contributed by atoms with van der Waals surface area (Å²) >= 11 is 0. The standard InChI is InChI=1S/C18H13FO4S/c1-24(21,22)15-8-4-13(5-9-15)18-17(16(20)10-11-23-18)12-2-6-14(19)7-3-12/h2-11H,1H3. The van der Waals surface area contributed by atoms with Crippen LogP contribution >= 0.6 is 0 Å². The highest BCUT2D eigenvalue weighted by atomic mass is 32.2. The minimum Gasteiger partial charge on any atom is -0.463 e. The van der Waals surface area contributed by atoms with E-state index in [1.165, 1.54) is 48.7 Å². The zero-order chi connectivity index (χ0) is 17.3. The average molecular weight is 344 g/mol. The molecule has 0 radical (unpaired) electrons. The molecule has 0 aliphatic rings. The molecule has 0 unspecified atom stereocenters. The molecular weight excluding hydrogens is 331 g/mol. The zero-order valence-corrected chi connectivity index (χ0v) is 13.5. The molecule has 3 rings (SSSR count). The fraction of sp³-hybridized carbons (Fsp3) is 0.0556. The molecule has 0 saturated heterocycles. The highest BCUT2D eigenvalue weighted by Crippen LogP contribution is 2.30. The Labute approximate surface area is 138 Å². The Hall–Kier alpha value is -2.73. The first-order valence-corrected chi connectivity index (χ1v) is 8.93. The number of halogens is 1. The Morgan fingerprint density at radius 3 is 2.04 bits per heavy atom. The second kappa shape index (κ2) is 6.05.